The van der Waals surface area contributed by atoms with Crippen molar-refractivity contribution < 1.29 is 9.53 Å². The van der Waals surface area contributed by atoms with Crippen LogP contribution in [0.5, 0.6) is 5.75 Å². The Balaban J connectivity index is 1.49. The third kappa shape index (κ3) is 4.62. The van der Waals surface area contributed by atoms with Crippen molar-refractivity contribution in [3.05, 3.63) is 36.2 Å². The maximum absolute atomic E-state index is 12.5. The number of aromatic nitrogens is 3. The molecule has 2 aromatic rings. The van der Waals surface area contributed by atoms with Crippen LogP contribution in [0.1, 0.15) is 32.9 Å². The molecule has 0 aliphatic carbocycles. The molecular formula is C20H30N6O2. The number of piperazine rings is 1. The molecule has 1 saturated heterocycles. The van der Waals surface area contributed by atoms with E-state index in [-0.39, 0.29) is 11.6 Å². The zero-order valence-corrected chi connectivity index (χ0v) is 17.2. The topological polar surface area (TPSA) is 75.5 Å². The Morgan fingerprint density at radius 1 is 1.18 bits per heavy atom. The van der Waals surface area contributed by atoms with Crippen molar-refractivity contribution in [2.45, 2.75) is 39.3 Å². The highest BCUT2D eigenvalue weighted by molar-refractivity contribution is 5.74. The van der Waals surface area contributed by atoms with Crippen LogP contribution >= 0.6 is 0 Å². The van der Waals surface area contributed by atoms with Crippen LogP contribution in [0.2, 0.25) is 0 Å². The van der Waals surface area contributed by atoms with E-state index in [0.29, 0.717) is 6.54 Å². The number of ether oxygens (including phenoxy) is 1. The molecule has 0 bridgehead atoms. The number of benzene rings is 1. The predicted octanol–water partition coefficient (Wildman–Crippen LogP) is 2.29. The molecule has 2 heterocycles. The van der Waals surface area contributed by atoms with Gasteiger partial charge in [0.2, 0.25) is 0 Å². The number of carbonyl (C=O) groups excluding carboxylic acids is 1. The monoisotopic (exact) mass is 386 g/mol. The van der Waals surface area contributed by atoms with Gasteiger partial charge in [-0.15, -0.1) is 5.10 Å². The molecule has 1 aromatic heterocycles. The maximum atomic E-state index is 12.5. The highest BCUT2D eigenvalue weighted by Crippen LogP contribution is 2.20. The lowest BCUT2D eigenvalue weighted by Crippen LogP contribution is -2.57. The summed E-state index contributed by atoms with van der Waals surface area (Å²) < 4.78 is 6.85. The van der Waals surface area contributed by atoms with Gasteiger partial charge in [0, 0.05) is 31.7 Å². The van der Waals surface area contributed by atoms with Crippen LogP contribution < -0.4 is 10.1 Å². The average Bonchev–Trinajstić information content (AvgIpc) is 3.21. The Morgan fingerprint density at radius 2 is 1.86 bits per heavy atom. The highest BCUT2D eigenvalue weighted by atomic mass is 16.5. The van der Waals surface area contributed by atoms with Gasteiger partial charge in [-0.25, -0.2) is 9.48 Å². The van der Waals surface area contributed by atoms with Gasteiger partial charge in [0.25, 0.3) is 0 Å². The zero-order valence-electron chi connectivity index (χ0n) is 17.2. The third-order valence-corrected chi connectivity index (χ3v) is 5.59. The Bertz CT molecular complexity index is 778. The summed E-state index contributed by atoms with van der Waals surface area (Å²) in [4.78, 5) is 16.8. The fourth-order valence-corrected chi connectivity index (χ4v) is 3.26. The van der Waals surface area contributed by atoms with Crippen LogP contribution in [0.25, 0.3) is 5.69 Å². The van der Waals surface area contributed by atoms with Gasteiger partial charge < -0.3 is 15.0 Å². The van der Waals surface area contributed by atoms with Crippen LogP contribution in [-0.2, 0) is 6.54 Å². The van der Waals surface area contributed by atoms with Crippen LogP contribution in [0.15, 0.2) is 30.5 Å². The first-order chi connectivity index (χ1) is 13.4. The second-order valence-electron chi connectivity index (χ2n) is 7.65. The number of methoxy groups -OCH3 is 1. The summed E-state index contributed by atoms with van der Waals surface area (Å²) in [6.45, 7) is 10.4. The SMILES string of the molecule is CCC(C)(C)N1CCN(C(=O)NCc2cn(-c3ccc(OC)cc3)nn2)CC1. The maximum Gasteiger partial charge on any atom is 0.317 e. The van der Waals surface area contributed by atoms with Crippen molar-refractivity contribution in [1.82, 2.24) is 30.1 Å². The van der Waals surface area contributed by atoms with E-state index < -0.39 is 0 Å². The number of nitrogens with one attached hydrogen (secondary N) is 1. The molecule has 28 heavy (non-hydrogen) atoms. The standard InChI is InChI=1S/C20H30N6O2/c1-5-20(2,3)25-12-10-24(11-13-25)19(27)21-14-16-15-26(23-22-16)17-6-8-18(28-4)9-7-17/h6-9,15H,5,10-14H2,1-4H3,(H,21,27). The Hall–Kier alpha value is -2.61. The number of nitrogens with zero attached hydrogens (tertiary/aromatic N) is 5. The van der Waals surface area contributed by atoms with Gasteiger partial charge in [-0.1, -0.05) is 12.1 Å². The lowest BCUT2D eigenvalue weighted by Gasteiger charge is -2.43. The van der Waals surface area contributed by atoms with E-state index in [1.807, 2.05) is 35.4 Å². The highest BCUT2D eigenvalue weighted by Gasteiger charge is 2.29. The molecule has 0 unspecified atom stereocenters. The minimum absolute atomic E-state index is 0.0482. The Labute approximate surface area is 166 Å². The molecule has 2 amide bonds. The minimum Gasteiger partial charge on any atom is -0.497 e. The lowest BCUT2D eigenvalue weighted by molar-refractivity contribution is 0.0614. The Morgan fingerprint density at radius 3 is 2.46 bits per heavy atom. The van der Waals surface area contributed by atoms with Crippen molar-refractivity contribution in [2.24, 2.45) is 0 Å². The van der Waals surface area contributed by atoms with Crippen LogP contribution in [0.4, 0.5) is 4.79 Å². The van der Waals surface area contributed by atoms with Crippen molar-refractivity contribution in [2.75, 3.05) is 33.3 Å². The van der Waals surface area contributed by atoms with Gasteiger partial charge in [0.05, 0.1) is 25.5 Å². The summed E-state index contributed by atoms with van der Waals surface area (Å²) in [5.74, 6) is 0.791. The van der Waals surface area contributed by atoms with Gasteiger partial charge in [-0.05, 0) is 44.5 Å². The first kappa shape index (κ1) is 20.1. The van der Waals surface area contributed by atoms with Crippen molar-refractivity contribution in [1.29, 1.82) is 0 Å². The van der Waals surface area contributed by atoms with Gasteiger partial charge >= 0.3 is 6.03 Å². The number of urea groups is 1. The summed E-state index contributed by atoms with van der Waals surface area (Å²) >= 11 is 0. The first-order valence-corrected chi connectivity index (χ1v) is 9.76. The fraction of sp³-hybridized carbons (Fsp3) is 0.550. The molecule has 0 saturated carbocycles. The summed E-state index contributed by atoms with van der Waals surface area (Å²) in [5, 5.41) is 11.2. The summed E-state index contributed by atoms with van der Waals surface area (Å²) in [5.41, 5.74) is 1.79. The van der Waals surface area contributed by atoms with E-state index in [1.165, 1.54) is 0 Å². The number of rotatable bonds is 6. The van der Waals surface area contributed by atoms with E-state index >= 15 is 0 Å². The second-order valence-corrected chi connectivity index (χ2v) is 7.65. The quantitative estimate of drug-likeness (QED) is 0.824. The molecule has 152 valence electrons. The van der Waals surface area contributed by atoms with Gasteiger partial charge in [-0.2, -0.15) is 0 Å². The summed E-state index contributed by atoms with van der Waals surface area (Å²) in [7, 11) is 1.63. The largest absolute Gasteiger partial charge is 0.497 e. The minimum atomic E-state index is -0.0482. The smallest absolute Gasteiger partial charge is 0.317 e. The third-order valence-electron chi connectivity index (χ3n) is 5.59. The van der Waals surface area contributed by atoms with E-state index in [0.717, 1.165) is 49.7 Å². The molecule has 0 spiro atoms. The molecule has 1 fully saturated rings. The van der Waals surface area contributed by atoms with Gasteiger partial charge in [-0.3, -0.25) is 4.90 Å². The number of hydrogen-bond donors (Lipinski definition) is 1. The van der Waals surface area contributed by atoms with Crippen LogP contribution in [-0.4, -0.2) is 69.7 Å². The molecule has 0 radical (unpaired) electrons. The van der Waals surface area contributed by atoms with E-state index in [9.17, 15) is 4.79 Å². The molecule has 1 aliphatic heterocycles. The van der Waals surface area contributed by atoms with Crippen molar-refractivity contribution in [3.8, 4) is 11.4 Å². The molecule has 1 aliphatic rings. The summed E-state index contributed by atoms with van der Waals surface area (Å²) in [6.07, 6.45) is 2.92. The van der Waals surface area contributed by atoms with E-state index in [1.54, 1.807) is 11.8 Å². The van der Waals surface area contributed by atoms with Crippen molar-refractivity contribution in [3.63, 3.8) is 0 Å². The van der Waals surface area contributed by atoms with Crippen molar-refractivity contribution >= 4 is 6.03 Å². The number of hydrogen-bond acceptors (Lipinski definition) is 5. The molecule has 8 heteroatoms. The zero-order chi connectivity index (χ0) is 20.1. The molecule has 1 N–H and O–H groups in total. The second kappa shape index (κ2) is 8.60. The molecule has 0 atom stereocenters. The first-order valence-electron chi connectivity index (χ1n) is 9.76. The predicted molar refractivity (Wildman–Crippen MR) is 108 cm³/mol. The van der Waals surface area contributed by atoms with Gasteiger partial charge in [0.1, 0.15) is 11.4 Å². The normalized spacial score (nSPS) is 15.5. The molecule has 8 nitrogen and oxygen atoms in total. The number of carbonyl (C=O) groups is 1. The molecule has 3 rings (SSSR count). The average molecular weight is 387 g/mol. The lowest BCUT2D eigenvalue weighted by atomic mass is 9.98. The van der Waals surface area contributed by atoms with E-state index in [2.05, 4.69) is 41.3 Å². The van der Waals surface area contributed by atoms with Crippen LogP contribution in [0.3, 0.4) is 0 Å². The molecule has 1 aromatic carbocycles. The van der Waals surface area contributed by atoms with Gasteiger partial charge in [0.15, 0.2) is 0 Å². The van der Waals surface area contributed by atoms with Crippen LogP contribution in [0, 0.1) is 0 Å². The van der Waals surface area contributed by atoms with E-state index in [4.69, 9.17) is 4.74 Å². The summed E-state index contributed by atoms with van der Waals surface area (Å²) in [6, 6.07) is 7.52. The number of amides is 2. The molecular weight excluding hydrogens is 356 g/mol. The fourth-order valence-electron chi connectivity index (χ4n) is 3.26. The Kier molecular flexibility index (Phi) is 6.18.